The lowest BCUT2D eigenvalue weighted by Gasteiger charge is -2.33. The van der Waals surface area contributed by atoms with E-state index in [0.717, 1.165) is 6.42 Å². The van der Waals surface area contributed by atoms with E-state index in [4.69, 9.17) is 0 Å². The second-order valence-corrected chi connectivity index (χ2v) is 11.7. The van der Waals surface area contributed by atoms with Gasteiger partial charge in [0.05, 0.1) is 22.1 Å². The quantitative estimate of drug-likeness (QED) is 0.204. The van der Waals surface area contributed by atoms with Gasteiger partial charge in [-0.2, -0.15) is 0 Å². The van der Waals surface area contributed by atoms with Crippen LogP contribution in [0.2, 0.25) is 0 Å². The van der Waals surface area contributed by atoms with Gasteiger partial charge in [-0.15, -0.1) is 0 Å². The van der Waals surface area contributed by atoms with Gasteiger partial charge in [0.1, 0.15) is 0 Å². The summed E-state index contributed by atoms with van der Waals surface area (Å²) in [5, 5.41) is 8.08. The molecule has 0 unspecified atom stereocenters. The average molecular weight is 504 g/mol. The zero-order valence-electron chi connectivity index (χ0n) is 21.6. The molecule has 9 aromatic rings. The third kappa shape index (κ3) is 2.06. The monoisotopic (exact) mass is 504 g/mol. The van der Waals surface area contributed by atoms with Crippen LogP contribution in [0.5, 0.6) is 0 Å². The van der Waals surface area contributed by atoms with Crippen molar-refractivity contribution in [1.29, 1.82) is 0 Å². The number of hydrogen-bond donors (Lipinski definition) is 0. The number of para-hydroxylation sites is 3. The molecule has 2 aliphatic heterocycles. The molecule has 0 amide bonds. The maximum Gasteiger partial charge on any atom is 0.247 e. The fourth-order valence-corrected chi connectivity index (χ4v) is 8.50. The number of aromatic nitrogens is 2. The first kappa shape index (κ1) is 20.0. The van der Waals surface area contributed by atoms with E-state index in [1.165, 1.54) is 93.1 Å². The van der Waals surface area contributed by atoms with Gasteiger partial charge < -0.3 is 8.97 Å². The van der Waals surface area contributed by atoms with Crippen molar-refractivity contribution in [3.05, 3.63) is 126 Å². The molecule has 0 spiro atoms. The maximum atomic E-state index is 2.63. The van der Waals surface area contributed by atoms with Crippen LogP contribution in [0.15, 0.2) is 115 Å². The fourth-order valence-electron chi connectivity index (χ4n) is 8.50. The fraction of sp³-hybridized carbons (Fsp3) is 0.0270. The average Bonchev–Trinajstić information content (AvgIpc) is 3.64. The minimum absolute atomic E-state index is 0.265. The molecule has 3 heteroatoms. The zero-order valence-corrected chi connectivity index (χ0v) is 21.6. The van der Waals surface area contributed by atoms with Crippen molar-refractivity contribution >= 4 is 83.0 Å². The molecule has 11 rings (SSSR count). The highest BCUT2D eigenvalue weighted by atomic mass is 15.0. The Hall–Kier alpha value is -5.02. The first-order valence-corrected chi connectivity index (χ1v) is 14.2. The van der Waals surface area contributed by atoms with Gasteiger partial charge >= 0.3 is 0 Å². The molecule has 6 aromatic carbocycles. The lowest BCUT2D eigenvalue weighted by atomic mass is 9.32. The van der Waals surface area contributed by atoms with Crippen LogP contribution in [0.4, 0.5) is 0 Å². The summed E-state index contributed by atoms with van der Waals surface area (Å²) in [5.74, 6) is 0. The third-order valence-electron chi connectivity index (χ3n) is 9.91. The summed E-state index contributed by atoms with van der Waals surface area (Å²) in [5.41, 5.74) is 15.3. The molecule has 2 nitrogen and oxygen atoms in total. The van der Waals surface area contributed by atoms with Crippen LogP contribution in [0.3, 0.4) is 0 Å². The van der Waals surface area contributed by atoms with Crippen molar-refractivity contribution in [2.45, 2.75) is 6.42 Å². The van der Waals surface area contributed by atoms with E-state index in [9.17, 15) is 0 Å². The Kier molecular flexibility index (Phi) is 3.28. The molecule has 40 heavy (non-hydrogen) atoms. The highest BCUT2D eigenvalue weighted by molar-refractivity contribution is 6.98. The Balaban J connectivity index is 1.46. The van der Waals surface area contributed by atoms with Crippen LogP contribution in [0.25, 0.3) is 65.6 Å². The first-order chi connectivity index (χ1) is 19.9. The molecule has 0 saturated heterocycles. The largest absolute Gasteiger partial charge is 0.310 e. The van der Waals surface area contributed by atoms with E-state index in [1.807, 2.05) is 0 Å². The van der Waals surface area contributed by atoms with Crippen LogP contribution in [0.1, 0.15) is 11.1 Å². The predicted octanol–water partition coefficient (Wildman–Crippen LogP) is 6.67. The molecule has 0 bridgehead atoms. The number of benzene rings is 6. The maximum absolute atomic E-state index is 2.63. The molecule has 0 aliphatic carbocycles. The van der Waals surface area contributed by atoms with Gasteiger partial charge in [0.25, 0.3) is 0 Å². The first-order valence-electron chi connectivity index (χ1n) is 14.2. The molecule has 2 aliphatic rings. The summed E-state index contributed by atoms with van der Waals surface area (Å²) in [7, 11) is 0. The molecule has 0 saturated carbocycles. The Morgan fingerprint density at radius 3 is 2.10 bits per heavy atom. The number of fused-ring (bicyclic) bond motifs is 14. The van der Waals surface area contributed by atoms with Gasteiger partial charge in [-0.05, 0) is 52.7 Å². The SMILES string of the molecule is c1ccc2c(c1)Cc1cccc3c1B2c1cccc2c4cc5c6ccccc6n6c7ccccc7c(c4n-3c12)c56. The van der Waals surface area contributed by atoms with Gasteiger partial charge in [-0.25, -0.2) is 0 Å². The van der Waals surface area contributed by atoms with Gasteiger partial charge in [0, 0.05) is 43.5 Å². The molecule has 182 valence electrons. The van der Waals surface area contributed by atoms with E-state index in [-0.39, 0.29) is 6.71 Å². The number of nitrogens with zero attached hydrogens (tertiary/aromatic N) is 2. The third-order valence-corrected chi connectivity index (χ3v) is 9.91. The van der Waals surface area contributed by atoms with E-state index < -0.39 is 0 Å². The number of rotatable bonds is 0. The topological polar surface area (TPSA) is 9.34 Å². The van der Waals surface area contributed by atoms with Crippen molar-refractivity contribution in [2.24, 2.45) is 0 Å². The normalized spacial score (nSPS) is 13.8. The van der Waals surface area contributed by atoms with Gasteiger partial charge in [-0.1, -0.05) is 96.5 Å². The number of hydrogen-bond acceptors (Lipinski definition) is 0. The summed E-state index contributed by atoms with van der Waals surface area (Å²) < 4.78 is 5.13. The molecule has 0 fully saturated rings. The standard InChI is InChI=1S/C37H21BN2/c1-4-14-28-21(9-1)19-22-10-7-18-32-34(22)38(28)29-15-8-13-24-27-20-26-23-11-2-5-16-30(23)39-31-17-6-3-12-25(31)33(36(26)39)37(27)40(32)35(24)29/h1-18,20H,19H2. The molecule has 0 atom stereocenters. The van der Waals surface area contributed by atoms with Crippen molar-refractivity contribution in [2.75, 3.05) is 0 Å². The molecular weight excluding hydrogens is 483 g/mol. The summed E-state index contributed by atoms with van der Waals surface area (Å²) in [6, 6.07) is 43.4. The van der Waals surface area contributed by atoms with E-state index >= 15 is 0 Å². The van der Waals surface area contributed by atoms with Crippen molar-refractivity contribution in [1.82, 2.24) is 8.97 Å². The van der Waals surface area contributed by atoms with Crippen molar-refractivity contribution < 1.29 is 0 Å². The van der Waals surface area contributed by atoms with Crippen molar-refractivity contribution in [3.63, 3.8) is 0 Å². The second kappa shape index (κ2) is 6.58. The van der Waals surface area contributed by atoms with Crippen LogP contribution >= 0.6 is 0 Å². The minimum Gasteiger partial charge on any atom is -0.310 e. The summed E-state index contributed by atoms with van der Waals surface area (Å²) in [6.07, 6.45) is 0.995. The van der Waals surface area contributed by atoms with E-state index in [0.29, 0.717) is 0 Å². The Morgan fingerprint density at radius 2 is 1.18 bits per heavy atom. The van der Waals surface area contributed by atoms with Gasteiger partial charge in [-0.3, -0.25) is 0 Å². The predicted molar refractivity (Wildman–Crippen MR) is 169 cm³/mol. The lowest BCUT2D eigenvalue weighted by Crippen LogP contribution is -2.60. The smallest absolute Gasteiger partial charge is 0.247 e. The Morgan fingerprint density at radius 1 is 0.500 bits per heavy atom. The summed E-state index contributed by atoms with van der Waals surface area (Å²) in [4.78, 5) is 0. The highest BCUT2D eigenvalue weighted by Crippen LogP contribution is 2.46. The summed E-state index contributed by atoms with van der Waals surface area (Å²) >= 11 is 0. The van der Waals surface area contributed by atoms with Crippen LogP contribution in [-0.4, -0.2) is 15.7 Å². The highest BCUT2D eigenvalue weighted by Gasteiger charge is 2.39. The molecule has 3 aromatic heterocycles. The van der Waals surface area contributed by atoms with E-state index in [1.54, 1.807) is 0 Å². The van der Waals surface area contributed by atoms with Crippen LogP contribution in [-0.2, 0) is 6.42 Å². The lowest BCUT2D eigenvalue weighted by molar-refractivity contribution is 1.15. The van der Waals surface area contributed by atoms with Gasteiger partial charge in [0.2, 0.25) is 6.71 Å². The van der Waals surface area contributed by atoms with E-state index in [2.05, 4.69) is 124 Å². The van der Waals surface area contributed by atoms with Crippen LogP contribution in [0, 0.1) is 0 Å². The Labute approximate surface area is 230 Å². The minimum atomic E-state index is 0.265. The van der Waals surface area contributed by atoms with Crippen molar-refractivity contribution in [3.8, 4) is 5.69 Å². The molecule has 0 N–H and O–H groups in total. The Bertz CT molecular complexity index is 2580. The zero-order chi connectivity index (χ0) is 25.7. The molecule has 5 heterocycles. The molecular formula is C37H21BN2. The summed E-state index contributed by atoms with van der Waals surface area (Å²) in [6.45, 7) is 0.265. The second-order valence-electron chi connectivity index (χ2n) is 11.7. The van der Waals surface area contributed by atoms with Gasteiger partial charge in [0.15, 0.2) is 0 Å². The molecule has 0 radical (unpaired) electrons. The van der Waals surface area contributed by atoms with Crippen LogP contribution < -0.4 is 16.4 Å².